The number of benzene rings is 4. The van der Waals surface area contributed by atoms with Crippen LogP contribution in [-0.2, 0) is 0 Å². The Hall–Kier alpha value is -1.86. The molecule has 0 N–H and O–H groups in total. The van der Waals surface area contributed by atoms with Crippen LogP contribution in [0.3, 0.4) is 0 Å². The molecule has 0 spiro atoms. The van der Waals surface area contributed by atoms with E-state index in [4.69, 9.17) is 4.74 Å². The Bertz CT molecular complexity index is 887. The molecule has 0 atom stereocenters. The van der Waals surface area contributed by atoms with Gasteiger partial charge in [0.05, 0.1) is 7.11 Å². The molecule has 28 heavy (non-hydrogen) atoms. The van der Waals surface area contributed by atoms with Gasteiger partial charge in [0.1, 0.15) is 5.75 Å². The van der Waals surface area contributed by atoms with Crippen molar-refractivity contribution in [2.45, 2.75) is 0 Å². The molecule has 3 heteroatoms. The van der Waals surface area contributed by atoms with E-state index in [1.54, 1.807) is 7.11 Å². The molecule has 0 aliphatic rings. The molecule has 0 radical (unpaired) electrons. The van der Waals surface area contributed by atoms with Crippen LogP contribution < -0.4 is 47.1 Å². The van der Waals surface area contributed by atoms with Gasteiger partial charge in [0, 0.05) is 0 Å². The Labute approximate surface area is 188 Å². The molecule has 140 valence electrons. The summed E-state index contributed by atoms with van der Waals surface area (Å²) in [7, 11) is 1.70. The van der Waals surface area contributed by atoms with Crippen LogP contribution in [0.4, 0.5) is 0 Å². The molecular weight excluding hydrogens is 570 g/mol. The zero-order valence-corrected chi connectivity index (χ0v) is 19.9. The second kappa shape index (κ2) is 11.9. The second-order valence-corrected chi connectivity index (χ2v) is 11.8. The number of hydrogen-bond acceptors (Lipinski definition) is 1. The molecule has 4 aromatic rings. The molecule has 0 fully saturated rings. The highest BCUT2D eigenvalue weighted by Gasteiger charge is 2.14. The highest BCUT2D eigenvalue weighted by Crippen LogP contribution is 2.06. The van der Waals surface area contributed by atoms with Gasteiger partial charge in [0.25, 0.3) is 0 Å². The van der Waals surface area contributed by atoms with E-state index in [-0.39, 0.29) is 42.4 Å². The normalized spacial score (nSPS) is 9.89. The summed E-state index contributed by atoms with van der Waals surface area (Å²) in [5.74, 6) is 0.927. The van der Waals surface area contributed by atoms with E-state index < -0.39 is 0 Å². The van der Waals surface area contributed by atoms with Crippen LogP contribution in [0.25, 0.3) is 0 Å². The average Bonchev–Trinajstić information content (AvgIpc) is 2.77. The minimum atomic E-state index is -0.0449. The molecule has 0 saturated heterocycles. The first-order chi connectivity index (χ1) is 13.8. The predicted octanol–water partition coefficient (Wildman–Crippen LogP) is -0.361. The third-order valence-electron chi connectivity index (χ3n) is 3.69. The maximum Gasteiger partial charge on any atom is 0.357 e. The molecule has 0 heterocycles. The van der Waals surface area contributed by atoms with Gasteiger partial charge in [0.15, 0.2) is 14.3 Å². The molecule has 0 aliphatic carbocycles. The van der Waals surface area contributed by atoms with E-state index in [9.17, 15) is 0 Å². The molecule has 0 unspecified atom stereocenters. The smallest absolute Gasteiger partial charge is 0.357 e. The molecule has 4 rings (SSSR count). The number of methoxy groups -OCH3 is 1. The fourth-order valence-corrected chi connectivity index (χ4v) is 6.80. The molecule has 0 saturated carbocycles. The Morgan fingerprint density at radius 2 is 0.750 bits per heavy atom. The lowest BCUT2D eigenvalue weighted by Gasteiger charge is -1.95. The van der Waals surface area contributed by atoms with Crippen molar-refractivity contribution < 1.29 is 47.1 Å². The quantitative estimate of drug-likeness (QED) is 0.288. The average molecular weight is 592 g/mol. The topological polar surface area (TPSA) is 9.23 Å². The van der Waals surface area contributed by atoms with Crippen molar-refractivity contribution in [1.82, 2.24) is 0 Å². The molecule has 0 aromatic heterocycles. The van der Waals surface area contributed by atoms with Gasteiger partial charge >= 0.3 is 42.4 Å². The third-order valence-corrected chi connectivity index (χ3v) is 9.05. The van der Waals surface area contributed by atoms with E-state index in [0.717, 1.165) is 5.75 Å². The Balaban J connectivity index is 0.000000162. The van der Waals surface area contributed by atoms with Crippen LogP contribution in [0, 0.1) is 14.3 Å². The van der Waals surface area contributed by atoms with E-state index >= 15 is 0 Å². The highest BCUT2D eigenvalue weighted by atomic mass is 127. The van der Waals surface area contributed by atoms with Gasteiger partial charge in [-0.3, -0.25) is 0 Å². The zero-order chi connectivity index (χ0) is 19.4. The van der Waals surface area contributed by atoms with Crippen molar-refractivity contribution in [3.8, 4) is 5.75 Å². The number of halogens is 2. The summed E-state index contributed by atoms with van der Waals surface area (Å²) >= 11 is -0.0163. The van der Waals surface area contributed by atoms with Crippen molar-refractivity contribution in [3.63, 3.8) is 0 Å². The minimum Gasteiger partial charge on any atom is -0.497 e. The van der Waals surface area contributed by atoms with Crippen LogP contribution in [0.1, 0.15) is 0 Å². The number of ether oxygens (including phenoxy) is 1. The maximum atomic E-state index is 5.13. The predicted molar refractivity (Wildman–Crippen MR) is 107 cm³/mol. The molecule has 0 aliphatic heterocycles. The Morgan fingerprint density at radius 3 is 1.07 bits per heavy atom. The monoisotopic (exact) mass is 592 g/mol. The van der Waals surface area contributed by atoms with Crippen LogP contribution in [-0.4, -0.2) is 7.11 Å². The molecule has 0 amide bonds. The summed E-state index contributed by atoms with van der Waals surface area (Å²) in [6.07, 6.45) is 0. The zero-order valence-electron chi connectivity index (χ0n) is 15.6. The fraction of sp³-hybridized carbons (Fsp3) is 0.0400. The summed E-state index contributed by atoms with van der Waals surface area (Å²) < 4.78 is 11.0. The van der Waals surface area contributed by atoms with E-state index in [0.29, 0.717) is 0 Å². The summed E-state index contributed by atoms with van der Waals surface area (Å²) in [5.41, 5.74) is 0. The largest absolute Gasteiger partial charge is 0.497 e. The molecule has 1 nitrogen and oxygen atoms in total. The summed E-state index contributed by atoms with van der Waals surface area (Å²) in [5, 5.41) is 0. The first-order valence-electron chi connectivity index (χ1n) is 8.92. The van der Waals surface area contributed by atoms with E-state index in [1.165, 1.54) is 14.3 Å². The summed E-state index contributed by atoms with van der Waals surface area (Å²) in [4.78, 5) is 0. The van der Waals surface area contributed by atoms with Gasteiger partial charge in [-0.25, -0.2) is 0 Å². The van der Waals surface area contributed by atoms with Crippen LogP contribution in [0.15, 0.2) is 115 Å². The molecule has 0 bridgehead atoms. The Morgan fingerprint density at radius 1 is 0.429 bits per heavy atom. The van der Waals surface area contributed by atoms with Crippen molar-refractivity contribution in [2.75, 3.05) is 7.11 Å². The lowest BCUT2D eigenvalue weighted by atomic mass is 10.3. The van der Waals surface area contributed by atoms with Gasteiger partial charge in [-0.15, -0.1) is 0 Å². The van der Waals surface area contributed by atoms with Crippen molar-refractivity contribution in [2.24, 2.45) is 0 Å². The minimum absolute atomic E-state index is 0.0287. The van der Waals surface area contributed by atoms with Gasteiger partial charge in [-0.05, 0) is 60.7 Å². The van der Waals surface area contributed by atoms with Crippen molar-refractivity contribution >= 4 is 0 Å². The van der Waals surface area contributed by atoms with Crippen molar-refractivity contribution in [1.29, 1.82) is 0 Å². The summed E-state index contributed by atoms with van der Waals surface area (Å²) in [6.45, 7) is 0. The molecule has 4 aromatic carbocycles. The highest BCUT2D eigenvalue weighted by molar-refractivity contribution is 5.20. The standard InChI is InChI=1S/C13H12IO.C12H10I/c1-15-13-9-7-12(8-10-13)14-11-5-3-2-4-6-11;1-3-7-11(8-4-1)13-12-9-5-2-6-10-12/h2-10H,1H3;1-10H/q2*+1. The number of rotatable bonds is 5. The third kappa shape index (κ3) is 7.28. The lowest BCUT2D eigenvalue weighted by Crippen LogP contribution is -3.61. The van der Waals surface area contributed by atoms with Crippen LogP contribution >= 0.6 is 0 Å². The SMILES string of the molecule is COc1ccc([I+]c2ccccc2)cc1.c1ccc([I+]c2ccccc2)cc1. The lowest BCUT2D eigenvalue weighted by molar-refractivity contribution is -0.597. The fourth-order valence-electron chi connectivity index (χ4n) is 2.32. The Kier molecular flexibility index (Phi) is 8.84. The van der Waals surface area contributed by atoms with Gasteiger partial charge in [-0.1, -0.05) is 54.6 Å². The van der Waals surface area contributed by atoms with E-state index in [2.05, 4.69) is 103 Å². The maximum absolute atomic E-state index is 5.13. The van der Waals surface area contributed by atoms with Crippen LogP contribution in [0.2, 0.25) is 0 Å². The van der Waals surface area contributed by atoms with E-state index in [1.807, 2.05) is 12.1 Å². The first-order valence-corrected chi connectivity index (χ1v) is 13.2. The summed E-state index contributed by atoms with van der Waals surface area (Å²) in [6, 6.07) is 40.4. The van der Waals surface area contributed by atoms with Crippen LogP contribution in [0.5, 0.6) is 5.75 Å². The number of hydrogen-bond donors (Lipinski definition) is 0. The van der Waals surface area contributed by atoms with Gasteiger partial charge < -0.3 is 4.74 Å². The van der Waals surface area contributed by atoms with Crippen molar-refractivity contribution in [3.05, 3.63) is 130 Å². The first kappa shape index (κ1) is 20.9. The van der Waals surface area contributed by atoms with Gasteiger partial charge in [-0.2, -0.15) is 0 Å². The van der Waals surface area contributed by atoms with Gasteiger partial charge in [0.2, 0.25) is 0 Å². The second-order valence-electron chi connectivity index (χ2n) is 5.73. The molecular formula is C25H22I2O+2.